The normalized spacial score (nSPS) is 17.8. The molecule has 1 unspecified atom stereocenters. The van der Waals surface area contributed by atoms with Gasteiger partial charge in [0.05, 0.1) is 31.4 Å². The van der Waals surface area contributed by atoms with Gasteiger partial charge in [0.1, 0.15) is 0 Å². The molecule has 1 aliphatic heterocycles. The van der Waals surface area contributed by atoms with E-state index in [4.69, 9.17) is 9.84 Å². The molecule has 1 N–H and O–H groups in total. The minimum absolute atomic E-state index is 0.0481. The summed E-state index contributed by atoms with van der Waals surface area (Å²) >= 11 is 0. The summed E-state index contributed by atoms with van der Waals surface area (Å²) in [6.45, 7) is 0.949. The highest BCUT2D eigenvalue weighted by molar-refractivity contribution is 5.80. The molecule has 1 aliphatic rings. The topological polar surface area (TPSA) is 102 Å². The lowest BCUT2D eigenvalue weighted by molar-refractivity contribution is -0.159. The number of aliphatic carboxylic acids is 1. The predicted molar refractivity (Wildman–Crippen MR) is 84.6 cm³/mol. The van der Waals surface area contributed by atoms with E-state index in [1.807, 2.05) is 0 Å². The number of carbonyl (C=O) groups excluding carboxylic acids is 1. The largest absolute Gasteiger partial charge is 0.479 e. The summed E-state index contributed by atoms with van der Waals surface area (Å²) in [5.41, 5.74) is 0.508. The predicted octanol–water partition coefficient (Wildman–Crippen LogP) is 0.0986. The second kappa shape index (κ2) is 6.79. The number of carbonyl (C=O) groups is 2. The third-order valence-corrected chi connectivity index (χ3v) is 3.99. The Morgan fingerprint density at radius 2 is 2.12 bits per heavy atom. The molecule has 0 aliphatic carbocycles. The summed E-state index contributed by atoms with van der Waals surface area (Å²) in [6.07, 6.45) is 0.433. The molecule has 0 radical (unpaired) electrons. The molecule has 0 bridgehead atoms. The Balaban J connectivity index is 1.70. The molecule has 1 aromatic heterocycles. The standard InChI is InChI=1S/C16H17N3O5/c20-13-9-17-19(12-4-2-1-3-11(12)13)6-5-15(21)18-7-8-24-14(10-18)16(22)23/h1-4,9,14H,5-8,10H2,(H,22,23). The van der Waals surface area contributed by atoms with Crippen LogP contribution in [0.15, 0.2) is 35.3 Å². The van der Waals surface area contributed by atoms with E-state index in [0.29, 0.717) is 24.0 Å². The molecule has 8 heteroatoms. The first-order valence-corrected chi connectivity index (χ1v) is 7.63. The van der Waals surface area contributed by atoms with Gasteiger partial charge in [-0.05, 0) is 12.1 Å². The highest BCUT2D eigenvalue weighted by atomic mass is 16.5. The van der Waals surface area contributed by atoms with Gasteiger partial charge in [0.15, 0.2) is 6.10 Å². The van der Waals surface area contributed by atoms with Crippen LogP contribution in [0.1, 0.15) is 6.42 Å². The molecule has 1 aromatic carbocycles. The summed E-state index contributed by atoms with van der Waals surface area (Å²) in [4.78, 5) is 36.6. The first kappa shape index (κ1) is 16.1. The van der Waals surface area contributed by atoms with Crippen molar-refractivity contribution in [3.63, 3.8) is 0 Å². The number of nitrogens with zero attached hydrogens (tertiary/aromatic N) is 3. The number of aromatic nitrogens is 2. The molecule has 1 amide bonds. The maximum atomic E-state index is 12.3. The number of carboxylic acid groups (broad SMARTS) is 1. The van der Waals surface area contributed by atoms with Crippen LogP contribution in [0.3, 0.4) is 0 Å². The number of hydrogen-bond donors (Lipinski definition) is 1. The first-order chi connectivity index (χ1) is 11.6. The van der Waals surface area contributed by atoms with Crippen molar-refractivity contribution in [1.29, 1.82) is 0 Å². The van der Waals surface area contributed by atoms with Gasteiger partial charge < -0.3 is 14.7 Å². The van der Waals surface area contributed by atoms with Crippen LogP contribution in [0.5, 0.6) is 0 Å². The van der Waals surface area contributed by atoms with E-state index in [2.05, 4.69) is 5.10 Å². The first-order valence-electron chi connectivity index (χ1n) is 7.63. The summed E-state index contributed by atoms with van der Waals surface area (Å²) in [7, 11) is 0. The van der Waals surface area contributed by atoms with Crippen LogP contribution in [0, 0.1) is 0 Å². The molecule has 2 heterocycles. The highest BCUT2D eigenvalue weighted by Crippen LogP contribution is 2.11. The molecule has 3 rings (SSSR count). The van der Waals surface area contributed by atoms with E-state index in [-0.39, 0.29) is 30.9 Å². The van der Waals surface area contributed by atoms with Crippen molar-refractivity contribution in [3.8, 4) is 0 Å². The average Bonchev–Trinajstić information content (AvgIpc) is 2.61. The van der Waals surface area contributed by atoms with Gasteiger partial charge in [-0.2, -0.15) is 5.10 Å². The van der Waals surface area contributed by atoms with Crippen LogP contribution in [0.2, 0.25) is 0 Å². The number of amides is 1. The zero-order valence-electron chi connectivity index (χ0n) is 12.9. The zero-order valence-corrected chi connectivity index (χ0v) is 12.9. The number of carboxylic acids is 1. The van der Waals surface area contributed by atoms with E-state index in [1.165, 1.54) is 11.1 Å². The van der Waals surface area contributed by atoms with Crippen molar-refractivity contribution in [1.82, 2.24) is 14.7 Å². The lowest BCUT2D eigenvalue weighted by Gasteiger charge is -2.31. The van der Waals surface area contributed by atoms with Gasteiger partial charge in [0.25, 0.3) is 0 Å². The fourth-order valence-electron chi connectivity index (χ4n) is 2.72. The van der Waals surface area contributed by atoms with Gasteiger partial charge in [0, 0.05) is 18.4 Å². The van der Waals surface area contributed by atoms with Crippen LogP contribution in [0.4, 0.5) is 0 Å². The molecular formula is C16H17N3O5. The van der Waals surface area contributed by atoms with E-state index in [0.717, 1.165) is 0 Å². The van der Waals surface area contributed by atoms with Gasteiger partial charge in [-0.1, -0.05) is 12.1 Å². The summed E-state index contributed by atoms with van der Waals surface area (Å²) in [5.74, 6) is -1.23. The van der Waals surface area contributed by atoms with Gasteiger partial charge in [-0.25, -0.2) is 4.79 Å². The van der Waals surface area contributed by atoms with Gasteiger partial charge in [-0.3, -0.25) is 14.3 Å². The molecule has 0 saturated carbocycles. The molecule has 126 valence electrons. The van der Waals surface area contributed by atoms with Crippen LogP contribution >= 0.6 is 0 Å². The Hall–Kier alpha value is -2.74. The van der Waals surface area contributed by atoms with Crippen LogP contribution in [-0.4, -0.2) is 57.5 Å². The monoisotopic (exact) mass is 331 g/mol. The fraction of sp³-hybridized carbons (Fsp3) is 0.375. The number of morpholine rings is 1. The van der Waals surface area contributed by atoms with Crippen LogP contribution < -0.4 is 5.43 Å². The van der Waals surface area contributed by atoms with Crippen molar-refractivity contribution in [2.45, 2.75) is 19.1 Å². The number of rotatable bonds is 4. The summed E-state index contributed by atoms with van der Waals surface area (Å²) in [5, 5.41) is 13.6. The SMILES string of the molecule is O=C(O)C1CN(C(=O)CCn2ncc(=O)c3ccccc32)CCO1. The highest BCUT2D eigenvalue weighted by Gasteiger charge is 2.28. The molecule has 1 saturated heterocycles. The third-order valence-electron chi connectivity index (χ3n) is 3.99. The molecular weight excluding hydrogens is 314 g/mol. The number of ether oxygens (including phenoxy) is 1. The van der Waals surface area contributed by atoms with Crippen LogP contribution in [-0.2, 0) is 20.9 Å². The van der Waals surface area contributed by atoms with E-state index in [9.17, 15) is 14.4 Å². The van der Waals surface area contributed by atoms with Gasteiger partial charge >= 0.3 is 5.97 Å². The minimum Gasteiger partial charge on any atom is -0.479 e. The Labute approximate surface area is 137 Å². The number of para-hydroxylation sites is 1. The quantitative estimate of drug-likeness (QED) is 0.852. The lowest BCUT2D eigenvalue weighted by atomic mass is 10.2. The Bertz CT molecular complexity index is 832. The van der Waals surface area contributed by atoms with Crippen molar-refractivity contribution >= 4 is 22.8 Å². The van der Waals surface area contributed by atoms with E-state index in [1.54, 1.807) is 28.9 Å². The van der Waals surface area contributed by atoms with Crippen molar-refractivity contribution in [2.24, 2.45) is 0 Å². The molecule has 1 atom stereocenters. The second-order valence-corrected chi connectivity index (χ2v) is 5.54. The number of benzene rings is 1. The molecule has 0 spiro atoms. The van der Waals surface area contributed by atoms with E-state index < -0.39 is 12.1 Å². The molecule has 1 fully saturated rings. The maximum Gasteiger partial charge on any atom is 0.334 e. The van der Waals surface area contributed by atoms with Gasteiger partial charge in [0.2, 0.25) is 11.3 Å². The summed E-state index contributed by atoms with van der Waals surface area (Å²) < 4.78 is 6.72. The Morgan fingerprint density at radius 3 is 2.92 bits per heavy atom. The Kier molecular flexibility index (Phi) is 4.57. The summed E-state index contributed by atoms with van der Waals surface area (Å²) in [6, 6.07) is 7.08. The third kappa shape index (κ3) is 3.28. The minimum atomic E-state index is -1.07. The smallest absolute Gasteiger partial charge is 0.334 e. The molecule has 24 heavy (non-hydrogen) atoms. The second-order valence-electron chi connectivity index (χ2n) is 5.54. The number of fused-ring (bicyclic) bond motifs is 1. The lowest BCUT2D eigenvalue weighted by Crippen LogP contribution is -2.48. The fourth-order valence-corrected chi connectivity index (χ4v) is 2.72. The van der Waals surface area contributed by atoms with Crippen molar-refractivity contribution in [3.05, 3.63) is 40.7 Å². The average molecular weight is 331 g/mol. The van der Waals surface area contributed by atoms with Crippen molar-refractivity contribution < 1.29 is 19.4 Å². The molecule has 2 aromatic rings. The number of hydrogen-bond acceptors (Lipinski definition) is 5. The Morgan fingerprint density at radius 1 is 1.33 bits per heavy atom. The van der Waals surface area contributed by atoms with Crippen molar-refractivity contribution in [2.75, 3.05) is 19.7 Å². The van der Waals surface area contributed by atoms with Crippen LogP contribution in [0.25, 0.3) is 10.9 Å². The zero-order chi connectivity index (χ0) is 17.1. The van der Waals surface area contributed by atoms with E-state index >= 15 is 0 Å². The van der Waals surface area contributed by atoms with Gasteiger partial charge in [-0.15, -0.1) is 0 Å². The maximum absolute atomic E-state index is 12.3. The number of aryl methyl sites for hydroxylation is 1. The molecule has 8 nitrogen and oxygen atoms in total.